The molecule has 2 heterocycles. The first-order valence-corrected chi connectivity index (χ1v) is 16.3. The number of aromatic nitrogens is 2. The molecule has 3 rings (SSSR count). The van der Waals surface area contributed by atoms with Crippen molar-refractivity contribution in [1.29, 1.82) is 0 Å². The van der Waals surface area contributed by atoms with Crippen molar-refractivity contribution < 1.29 is 18.6 Å². The molecule has 8 nitrogen and oxygen atoms in total. The molecule has 4 atom stereocenters. The summed E-state index contributed by atoms with van der Waals surface area (Å²) in [7, 11) is -1.81. The quantitative estimate of drug-likeness (QED) is 0.136. The Balaban J connectivity index is 1.67. The van der Waals surface area contributed by atoms with Crippen LogP contribution in [0.15, 0.2) is 5.16 Å². The average molecular weight is 533 g/mol. The van der Waals surface area contributed by atoms with Crippen molar-refractivity contribution in [3.63, 3.8) is 0 Å². The summed E-state index contributed by atoms with van der Waals surface area (Å²) >= 11 is 7.86. The van der Waals surface area contributed by atoms with Crippen LogP contribution in [0.1, 0.15) is 54.4 Å². The van der Waals surface area contributed by atoms with E-state index >= 15 is 0 Å². The third-order valence-corrected chi connectivity index (χ3v) is 12.6. The van der Waals surface area contributed by atoms with Crippen molar-refractivity contribution in [2.45, 2.75) is 108 Å². The second-order valence-electron chi connectivity index (χ2n) is 11.0. The van der Waals surface area contributed by atoms with E-state index < -0.39 is 14.1 Å². The van der Waals surface area contributed by atoms with Gasteiger partial charge in [0, 0.05) is 5.75 Å². The molecule has 0 amide bonds. The summed E-state index contributed by atoms with van der Waals surface area (Å²) in [5.41, 5.74) is 6.55. The zero-order valence-electron chi connectivity index (χ0n) is 21.7. The number of nitrogens with two attached hydrogens (primary N) is 1. The molecule has 1 unspecified atom stereocenters. The number of nitrogen functional groups attached to an aromatic ring is 1. The summed E-state index contributed by atoms with van der Waals surface area (Å²) in [6, 6.07) is -0.0876. The Labute approximate surface area is 214 Å². The van der Waals surface area contributed by atoms with Gasteiger partial charge in [0.15, 0.2) is 30.2 Å². The van der Waals surface area contributed by atoms with E-state index in [4.69, 9.17) is 36.0 Å². The van der Waals surface area contributed by atoms with E-state index in [1.165, 1.54) is 0 Å². The number of hydrogen-bond donors (Lipinski definition) is 2. The van der Waals surface area contributed by atoms with Crippen molar-refractivity contribution in [2.24, 2.45) is 0 Å². The van der Waals surface area contributed by atoms with Crippen LogP contribution in [0.4, 0.5) is 11.5 Å². The number of nitrogens with zero attached hydrogens (tertiary/aromatic N) is 2. The van der Waals surface area contributed by atoms with Crippen LogP contribution >= 0.6 is 23.4 Å². The fourth-order valence-electron chi connectivity index (χ4n) is 3.92. The van der Waals surface area contributed by atoms with Gasteiger partial charge in [0.05, 0.1) is 25.4 Å². The van der Waals surface area contributed by atoms with E-state index in [2.05, 4.69) is 56.1 Å². The Morgan fingerprint density at radius 3 is 2.53 bits per heavy atom. The summed E-state index contributed by atoms with van der Waals surface area (Å²) in [4.78, 5) is 8.91. The van der Waals surface area contributed by atoms with Crippen molar-refractivity contribution in [3.05, 3.63) is 5.15 Å². The second kappa shape index (κ2) is 10.8. The molecule has 1 saturated heterocycles. The van der Waals surface area contributed by atoms with E-state index in [9.17, 15) is 0 Å². The maximum absolute atomic E-state index is 6.30. The molecule has 1 saturated carbocycles. The summed E-state index contributed by atoms with van der Waals surface area (Å²) in [5, 5.41) is 4.49. The molecule has 1 aromatic heterocycles. The van der Waals surface area contributed by atoms with E-state index in [0.29, 0.717) is 36.3 Å². The van der Waals surface area contributed by atoms with Crippen LogP contribution in [0.2, 0.25) is 23.3 Å². The molecule has 11 heteroatoms. The van der Waals surface area contributed by atoms with Gasteiger partial charge in [-0.25, -0.2) is 9.97 Å². The highest BCUT2D eigenvalue weighted by molar-refractivity contribution is 7.99. The molecular formula is C23H41ClN4O4SSi. The first-order valence-electron chi connectivity index (χ1n) is 12.1. The molecule has 1 aliphatic heterocycles. The standard InChI is InChI=1S/C23H41ClN4O4SSi/c1-9-12-33-21-27-19(24)16(25)20(28-21)26-14-13-15(18-17(14)31-23(5,6)32-18)29-10-11-30-34(7,8)22(2,3)4/h14-15,17-18H,9-13,25H2,1-8H3,(H,26,27,28)/t14-,15?,17+,18-/m1/s1. The molecule has 2 fully saturated rings. The van der Waals surface area contributed by atoms with Gasteiger partial charge in [-0.1, -0.05) is 51.1 Å². The normalized spacial score (nSPS) is 26.6. The van der Waals surface area contributed by atoms with Crippen LogP contribution in [0.5, 0.6) is 0 Å². The molecule has 0 radical (unpaired) electrons. The molecule has 3 N–H and O–H groups in total. The molecule has 0 bridgehead atoms. The van der Waals surface area contributed by atoms with Crippen LogP contribution in [0.3, 0.4) is 0 Å². The van der Waals surface area contributed by atoms with Crippen molar-refractivity contribution in [3.8, 4) is 0 Å². The Hall–Kier alpha value is -0.623. The first-order chi connectivity index (χ1) is 15.7. The van der Waals surface area contributed by atoms with E-state index in [1.54, 1.807) is 11.8 Å². The zero-order chi connectivity index (χ0) is 25.3. The van der Waals surface area contributed by atoms with Crippen molar-refractivity contribution >= 4 is 43.2 Å². The van der Waals surface area contributed by atoms with Crippen LogP contribution in [-0.2, 0) is 18.6 Å². The summed E-state index contributed by atoms with van der Waals surface area (Å²) in [6.45, 7) is 18.3. The van der Waals surface area contributed by atoms with Gasteiger partial charge in [-0.2, -0.15) is 0 Å². The maximum atomic E-state index is 6.30. The number of nitrogens with one attached hydrogen (secondary N) is 1. The maximum Gasteiger partial charge on any atom is 0.192 e. The molecule has 2 aliphatic rings. The van der Waals surface area contributed by atoms with Gasteiger partial charge in [0.1, 0.15) is 17.9 Å². The van der Waals surface area contributed by atoms with Crippen molar-refractivity contribution in [2.75, 3.05) is 30.0 Å². The number of hydrogen-bond acceptors (Lipinski definition) is 9. The summed E-state index contributed by atoms with van der Waals surface area (Å²) in [6.07, 6.45) is 1.21. The fraction of sp³-hybridized carbons (Fsp3) is 0.826. The number of rotatable bonds is 10. The highest BCUT2D eigenvalue weighted by Gasteiger charge is 2.55. The molecule has 34 heavy (non-hydrogen) atoms. The lowest BCUT2D eigenvalue weighted by molar-refractivity contribution is -0.167. The summed E-state index contributed by atoms with van der Waals surface area (Å²) < 4.78 is 25.0. The number of fused-ring (bicyclic) bond motifs is 1. The topological polar surface area (TPSA) is 101 Å². The first kappa shape index (κ1) is 28.0. The Bertz CT molecular complexity index is 855. The second-order valence-corrected chi connectivity index (χ2v) is 17.2. The van der Waals surface area contributed by atoms with E-state index in [-0.39, 0.29) is 34.5 Å². The van der Waals surface area contributed by atoms with Gasteiger partial charge in [0.25, 0.3) is 0 Å². The molecule has 1 aliphatic carbocycles. The lowest BCUT2D eigenvalue weighted by atomic mass is 10.2. The number of ether oxygens (including phenoxy) is 3. The van der Waals surface area contributed by atoms with Gasteiger partial charge < -0.3 is 29.7 Å². The van der Waals surface area contributed by atoms with Crippen LogP contribution in [-0.4, -0.2) is 67.4 Å². The highest BCUT2D eigenvalue weighted by Crippen LogP contribution is 2.42. The lowest BCUT2D eigenvalue weighted by Crippen LogP contribution is -2.42. The SMILES string of the molecule is CCCSc1nc(Cl)c(N)c(N[C@@H]2CC(OCCO[Si](C)(C)C(C)(C)C)[C@H]3OC(C)(C)O[C@H]32)n1. The van der Waals surface area contributed by atoms with Gasteiger partial charge in [-0.05, 0) is 44.8 Å². The smallest absolute Gasteiger partial charge is 0.192 e. The number of anilines is 2. The van der Waals surface area contributed by atoms with E-state index in [1.807, 2.05) is 13.8 Å². The van der Waals surface area contributed by atoms with Gasteiger partial charge in [0.2, 0.25) is 0 Å². The monoisotopic (exact) mass is 532 g/mol. The third kappa shape index (κ3) is 6.57. The van der Waals surface area contributed by atoms with Crippen LogP contribution in [0, 0.1) is 0 Å². The fourth-order valence-corrected chi connectivity index (χ4v) is 5.86. The number of thioether (sulfide) groups is 1. The highest BCUT2D eigenvalue weighted by atomic mass is 35.5. The number of halogens is 1. The van der Waals surface area contributed by atoms with Gasteiger partial charge >= 0.3 is 0 Å². The predicted molar refractivity (Wildman–Crippen MR) is 141 cm³/mol. The van der Waals surface area contributed by atoms with E-state index in [0.717, 1.165) is 12.2 Å². The van der Waals surface area contributed by atoms with Gasteiger partial charge in [-0.3, -0.25) is 0 Å². The van der Waals surface area contributed by atoms with Gasteiger partial charge in [-0.15, -0.1) is 0 Å². The molecule has 1 aromatic rings. The van der Waals surface area contributed by atoms with Crippen LogP contribution in [0.25, 0.3) is 0 Å². The molecule has 0 spiro atoms. The summed E-state index contributed by atoms with van der Waals surface area (Å²) in [5.74, 6) is 0.746. The minimum atomic E-state index is -1.81. The minimum absolute atomic E-state index is 0.0876. The van der Waals surface area contributed by atoms with Crippen molar-refractivity contribution in [1.82, 2.24) is 9.97 Å². The zero-order valence-corrected chi connectivity index (χ0v) is 24.3. The Kier molecular flexibility index (Phi) is 8.86. The lowest BCUT2D eigenvalue weighted by Gasteiger charge is -2.36. The van der Waals surface area contributed by atoms with Crippen LogP contribution < -0.4 is 11.1 Å². The minimum Gasteiger partial charge on any atom is -0.414 e. The molecule has 0 aromatic carbocycles. The Morgan fingerprint density at radius 1 is 1.21 bits per heavy atom. The molecular weight excluding hydrogens is 492 g/mol. The average Bonchev–Trinajstić information content (AvgIpc) is 3.20. The largest absolute Gasteiger partial charge is 0.414 e. The predicted octanol–water partition coefficient (Wildman–Crippen LogP) is 5.33. The Morgan fingerprint density at radius 2 is 1.88 bits per heavy atom. The third-order valence-electron chi connectivity index (χ3n) is 6.73. The molecule has 194 valence electrons.